The van der Waals surface area contributed by atoms with Gasteiger partial charge in [0.15, 0.2) is 11.0 Å². The summed E-state index contributed by atoms with van der Waals surface area (Å²) in [5, 5.41) is 14.4. The van der Waals surface area contributed by atoms with Gasteiger partial charge < -0.3 is 10.1 Å². The molecule has 4 rings (SSSR count). The van der Waals surface area contributed by atoms with E-state index in [4.69, 9.17) is 4.74 Å². The molecule has 0 bridgehead atoms. The predicted molar refractivity (Wildman–Crippen MR) is 125 cm³/mol. The van der Waals surface area contributed by atoms with Gasteiger partial charge in [0.1, 0.15) is 5.75 Å². The maximum Gasteiger partial charge on any atom is 0.230 e. The SMILES string of the molecule is COc1ccccc1-n1c(SCC(=O)NCCc2ccccc2)nnc1-c1cccs1. The molecule has 0 unspecified atom stereocenters. The highest BCUT2D eigenvalue weighted by molar-refractivity contribution is 7.99. The Balaban J connectivity index is 1.49. The highest BCUT2D eigenvalue weighted by atomic mass is 32.2. The van der Waals surface area contributed by atoms with Crippen LogP contribution in [0.15, 0.2) is 77.3 Å². The number of thioether (sulfide) groups is 1. The summed E-state index contributed by atoms with van der Waals surface area (Å²) in [6.45, 7) is 0.600. The van der Waals surface area contributed by atoms with Gasteiger partial charge >= 0.3 is 0 Å². The molecule has 1 amide bonds. The van der Waals surface area contributed by atoms with Crippen molar-refractivity contribution in [3.05, 3.63) is 77.7 Å². The van der Waals surface area contributed by atoms with Crippen molar-refractivity contribution in [2.24, 2.45) is 0 Å². The van der Waals surface area contributed by atoms with Crippen molar-refractivity contribution in [2.75, 3.05) is 19.4 Å². The number of hydrogen-bond donors (Lipinski definition) is 1. The first-order valence-corrected chi connectivity index (χ1v) is 11.7. The molecule has 0 saturated carbocycles. The fourth-order valence-corrected chi connectivity index (χ4v) is 4.61. The number of amides is 1. The molecule has 0 aliphatic carbocycles. The molecule has 0 aliphatic rings. The summed E-state index contributed by atoms with van der Waals surface area (Å²) >= 11 is 2.95. The highest BCUT2D eigenvalue weighted by Crippen LogP contribution is 2.33. The van der Waals surface area contributed by atoms with Crippen molar-refractivity contribution in [2.45, 2.75) is 11.6 Å². The van der Waals surface area contributed by atoms with E-state index in [-0.39, 0.29) is 11.7 Å². The number of methoxy groups -OCH3 is 1. The van der Waals surface area contributed by atoms with Crippen LogP contribution < -0.4 is 10.1 Å². The first-order valence-electron chi connectivity index (χ1n) is 9.82. The van der Waals surface area contributed by atoms with Gasteiger partial charge in [-0.1, -0.05) is 60.3 Å². The maximum atomic E-state index is 12.4. The lowest BCUT2D eigenvalue weighted by atomic mass is 10.1. The minimum absolute atomic E-state index is 0.0341. The molecule has 0 saturated heterocycles. The Morgan fingerprint density at radius 3 is 2.65 bits per heavy atom. The Morgan fingerprint density at radius 2 is 1.87 bits per heavy atom. The fourth-order valence-electron chi connectivity index (χ4n) is 3.13. The number of ether oxygens (including phenoxy) is 1. The van der Waals surface area contributed by atoms with E-state index in [1.165, 1.54) is 17.3 Å². The molecular formula is C23H22N4O2S2. The zero-order valence-corrected chi connectivity index (χ0v) is 18.7. The van der Waals surface area contributed by atoms with E-state index < -0.39 is 0 Å². The number of carbonyl (C=O) groups is 1. The second kappa shape index (κ2) is 10.3. The van der Waals surface area contributed by atoms with Crippen LogP contribution >= 0.6 is 23.1 Å². The molecule has 0 radical (unpaired) electrons. The zero-order chi connectivity index (χ0) is 21.5. The number of rotatable bonds is 9. The van der Waals surface area contributed by atoms with Crippen molar-refractivity contribution in [1.29, 1.82) is 0 Å². The van der Waals surface area contributed by atoms with Crippen LogP contribution in [0, 0.1) is 0 Å². The predicted octanol–water partition coefficient (Wildman–Crippen LogP) is 4.46. The summed E-state index contributed by atoms with van der Waals surface area (Å²) in [7, 11) is 1.64. The number of carbonyl (C=O) groups excluding carboxylic acids is 1. The summed E-state index contributed by atoms with van der Waals surface area (Å²) in [6, 6.07) is 21.8. The Kier molecular flexibility index (Phi) is 7.01. The topological polar surface area (TPSA) is 69.0 Å². The smallest absolute Gasteiger partial charge is 0.230 e. The second-order valence-electron chi connectivity index (χ2n) is 6.66. The molecule has 0 spiro atoms. The van der Waals surface area contributed by atoms with E-state index in [0.29, 0.717) is 17.5 Å². The van der Waals surface area contributed by atoms with Crippen LogP contribution in [0.3, 0.4) is 0 Å². The van der Waals surface area contributed by atoms with Crippen molar-refractivity contribution in [1.82, 2.24) is 20.1 Å². The highest BCUT2D eigenvalue weighted by Gasteiger charge is 2.20. The van der Waals surface area contributed by atoms with E-state index in [1.54, 1.807) is 18.4 Å². The van der Waals surface area contributed by atoms with Crippen LogP contribution in [0.4, 0.5) is 0 Å². The quantitative estimate of drug-likeness (QED) is 0.382. The molecule has 0 fully saturated rings. The fraction of sp³-hybridized carbons (Fsp3) is 0.174. The Morgan fingerprint density at radius 1 is 1.06 bits per heavy atom. The molecular weight excluding hydrogens is 428 g/mol. The Labute approximate surface area is 189 Å². The maximum absolute atomic E-state index is 12.4. The van der Waals surface area contributed by atoms with Gasteiger partial charge in [0.05, 0.1) is 23.4 Å². The van der Waals surface area contributed by atoms with E-state index in [2.05, 4.69) is 27.6 Å². The van der Waals surface area contributed by atoms with Crippen LogP contribution in [-0.4, -0.2) is 40.1 Å². The number of nitrogens with zero attached hydrogens (tertiary/aromatic N) is 3. The molecule has 8 heteroatoms. The summed E-state index contributed by atoms with van der Waals surface area (Å²) in [4.78, 5) is 13.4. The summed E-state index contributed by atoms with van der Waals surface area (Å²) in [6.07, 6.45) is 0.803. The Bertz CT molecular complexity index is 1130. The van der Waals surface area contributed by atoms with Gasteiger partial charge in [0, 0.05) is 6.54 Å². The third kappa shape index (κ3) is 5.15. The largest absolute Gasteiger partial charge is 0.495 e. The van der Waals surface area contributed by atoms with Crippen molar-refractivity contribution in [3.63, 3.8) is 0 Å². The number of nitrogens with one attached hydrogen (secondary N) is 1. The van der Waals surface area contributed by atoms with Crippen LogP contribution in [0.1, 0.15) is 5.56 Å². The van der Waals surface area contributed by atoms with Gasteiger partial charge in [-0.15, -0.1) is 21.5 Å². The summed E-state index contributed by atoms with van der Waals surface area (Å²) in [5.74, 6) is 1.67. The average Bonchev–Trinajstić information content (AvgIpc) is 3.48. The standard InChI is InChI=1S/C23H22N4O2S2/c1-29-19-11-6-5-10-18(19)27-22(20-12-7-15-30-20)25-26-23(27)31-16-21(28)24-14-13-17-8-3-2-4-9-17/h2-12,15H,13-14,16H2,1H3,(H,24,28). The number of aromatic nitrogens is 3. The summed E-state index contributed by atoms with van der Waals surface area (Å²) in [5.41, 5.74) is 2.04. The van der Waals surface area contributed by atoms with Gasteiger partial charge in [0.25, 0.3) is 0 Å². The molecule has 158 valence electrons. The third-order valence-electron chi connectivity index (χ3n) is 4.61. The lowest BCUT2D eigenvalue weighted by Gasteiger charge is -2.13. The molecule has 31 heavy (non-hydrogen) atoms. The van der Waals surface area contributed by atoms with Gasteiger partial charge in [0.2, 0.25) is 5.91 Å². The third-order valence-corrected chi connectivity index (χ3v) is 6.41. The van der Waals surface area contributed by atoms with Crippen LogP contribution in [0.25, 0.3) is 16.4 Å². The van der Waals surface area contributed by atoms with Crippen LogP contribution in [-0.2, 0) is 11.2 Å². The van der Waals surface area contributed by atoms with Gasteiger partial charge in [-0.05, 0) is 35.6 Å². The summed E-state index contributed by atoms with van der Waals surface area (Å²) < 4.78 is 7.51. The van der Waals surface area contributed by atoms with E-state index in [1.807, 2.05) is 64.5 Å². The molecule has 2 aromatic carbocycles. The average molecular weight is 451 g/mol. The normalized spacial score (nSPS) is 10.7. The van der Waals surface area contributed by atoms with Gasteiger partial charge in [-0.3, -0.25) is 9.36 Å². The lowest BCUT2D eigenvalue weighted by Crippen LogP contribution is -2.27. The molecule has 2 heterocycles. The number of thiophene rings is 1. The van der Waals surface area contributed by atoms with Crippen molar-refractivity contribution >= 4 is 29.0 Å². The van der Waals surface area contributed by atoms with Gasteiger partial charge in [-0.25, -0.2) is 0 Å². The number of para-hydroxylation sites is 2. The molecule has 4 aromatic rings. The van der Waals surface area contributed by atoms with E-state index in [0.717, 1.165) is 22.8 Å². The number of hydrogen-bond acceptors (Lipinski definition) is 6. The monoisotopic (exact) mass is 450 g/mol. The van der Waals surface area contributed by atoms with Crippen LogP contribution in [0.5, 0.6) is 5.75 Å². The molecule has 2 aromatic heterocycles. The minimum atomic E-state index is -0.0341. The van der Waals surface area contributed by atoms with Crippen molar-refractivity contribution < 1.29 is 9.53 Å². The first kappa shape index (κ1) is 21.1. The molecule has 0 aliphatic heterocycles. The number of benzene rings is 2. The second-order valence-corrected chi connectivity index (χ2v) is 8.56. The lowest BCUT2D eigenvalue weighted by molar-refractivity contribution is -0.118. The first-order chi connectivity index (χ1) is 15.3. The van der Waals surface area contributed by atoms with E-state index in [9.17, 15) is 4.79 Å². The molecule has 0 atom stereocenters. The van der Waals surface area contributed by atoms with Gasteiger partial charge in [-0.2, -0.15) is 0 Å². The van der Waals surface area contributed by atoms with E-state index >= 15 is 0 Å². The molecule has 6 nitrogen and oxygen atoms in total. The molecule has 1 N–H and O–H groups in total. The zero-order valence-electron chi connectivity index (χ0n) is 17.0. The van der Waals surface area contributed by atoms with Crippen LogP contribution in [0.2, 0.25) is 0 Å². The van der Waals surface area contributed by atoms with Crippen molar-refractivity contribution in [3.8, 4) is 22.1 Å². The Hall–Kier alpha value is -3.10. The minimum Gasteiger partial charge on any atom is -0.495 e.